The average molecular weight is 342 g/mol. The Morgan fingerprint density at radius 1 is 1.17 bits per heavy atom. The normalized spacial score (nSPS) is 12.7. The third-order valence-corrected chi connectivity index (χ3v) is 3.62. The molecule has 0 bridgehead atoms. The maximum Gasteiger partial charge on any atom is 0.416 e. The molecule has 1 amide bonds. The van der Waals surface area contributed by atoms with Crippen LogP contribution in [0.25, 0.3) is 0 Å². The first kappa shape index (κ1) is 17.3. The van der Waals surface area contributed by atoms with Gasteiger partial charge in [-0.1, -0.05) is 41.9 Å². The van der Waals surface area contributed by atoms with Gasteiger partial charge in [-0.15, -0.1) is 0 Å². The number of hydrogen-bond acceptors (Lipinski definition) is 1. The topological polar surface area (TPSA) is 29.1 Å². The van der Waals surface area contributed by atoms with Crippen molar-refractivity contribution in [1.82, 2.24) is 5.32 Å². The fourth-order valence-electron chi connectivity index (χ4n) is 2.17. The maximum absolute atomic E-state index is 12.7. The van der Waals surface area contributed by atoms with E-state index in [2.05, 4.69) is 5.32 Å². The first-order valence-corrected chi connectivity index (χ1v) is 7.34. The average Bonchev–Trinajstić information content (AvgIpc) is 2.47. The molecule has 0 unspecified atom stereocenters. The molecular formula is C17H15ClF3NO. The molecule has 0 saturated carbocycles. The minimum Gasteiger partial charge on any atom is -0.349 e. The molecular weight excluding hydrogens is 327 g/mol. The summed E-state index contributed by atoms with van der Waals surface area (Å²) in [5, 5.41) is 3.35. The van der Waals surface area contributed by atoms with Crippen molar-refractivity contribution in [3.8, 4) is 0 Å². The van der Waals surface area contributed by atoms with Crippen LogP contribution in [0.3, 0.4) is 0 Å². The maximum atomic E-state index is 12.7. The summed E-state index contributed by atoms with van der Waals surface area (Å²) >= 11 is 5.80. The number of carbonyl (C=O) groups is 1. The predicted octanol–water partition coefficient (Wildman–Crippen LogP) is 4.78. The highest BCUT2D eigenvalue weighted by molar-refractivity contribution is 6.30. The van der Waals surface area contributed by atoms with Crippen LogP contribution in [0.15, 0.2) is 48.5 Å². The van der Waals surface area contributed by atoms with E-state index in [9.17, 15) is 18.0 Å². The molecule has 1 N–H and O–H groups in total. The van der Waals surface area contributed by atoms with Gasteiger partial charge in [-0.25, -0.2) is 0 Å². The van der Waals surface area contributed by atoms with Crippen molar-refractivity contribution in [3.05, 3.63) is 70.2 Å². The van der Waals surface area contributed by atoms with E-state index in [1.54, 1.807) is 31.2 Å². The van der Waals surface area contributed by atoms with Gasteiger partial charge in [-0.2, -0.15) is 13.2 Å². The minimum atomic E-state index is -4.41. The third-order valence-electron chi connectivity index (χ3n) is 3.37. The zero-order valence-electron chi connectivity index (χ0n) is 12.3. The second-order valence-corrected chi connectivity index (χ2v) is 5.65. The van der Waals surface area contributed by atoms with Crippen LogP contribution in [-0.4, -0.2) is 5.91 Å². The molecule has 23 heavy (non-hydrogen) atoms. The molecule has 0 spiro atoms. The first-order chi connectivity index (χ1) is 10.8. The molecule has 0 aliphatic rings. The highest BCUT2D eigenvalue weighted by Crippen LogP contribution is 2.29. The summed E-state index contributed by atoms with van der Waals surface area (Å²) in [5.74, 6) is -0.341. The van der Waals surface area contributed by atoms with Crippen molar-refractivity contribution >= 4 is 17.5 Å². The Morgan fingerprint density at radius 3 is 2.43 bits per heavy atom. The standard InChI is InChI=1S/C17H15ClF3NO/c1-11(13-5-7-15(18)8-6-13)22-16(23)10-12-3-2-4-14(9-12)17(19,20)21/h2-9,11H,10H2,1H3,(H,22,23)/t11-/m1/s1. The molecule has 0 aliphatic carbocycles. The van der Waals surface area contributed by atoms with Crippen molar-refractivity contribution in [2.24, 2.45) is 0 Å². The first-order valence-electron chi connectivity index (χ1n) is 6.96. The van der Waals surface area contributed by atoms with Gasteiger partial charge in [0.2, 0.25) is 5.91 Å². The molecule has 2 aromatic carbocycles. The Balaban J connectivity index is 2.01. The number of alkyl halides is 3. The number of benzene rings is 2. The molecule has 0 fully saturated rings. The second kappa shape index (κ2) is 7.04. The lowest BCUT2D eigenvalue weighted by molar-refractivity contribution is -0.137. The van der Waals surface area contributed by atoms with Crippen molar-refractivity contribution in [2.45, 2.75) is 25.6 Å². The van der Waals surface area contributed by atoms with Gasteiger partial charge in [-0.05, 0) is 36.2 Å². The van der Waals surface area contributed by atoms with Crippen LogP contribution in [0, 0.1) is 0 Å². The Bertz CT molecular complexity index is 683. The lowest BCUT2D eigenvalue weighted by Crippen LogP contribution is -2.28. The van der Waals surface area contributed by atoms with Gasteiger partial charge in [0.05, 0.1) is 18.0 Å². The Labute approximate surface area is 137 Å². The largest absolute Gasteiger partial charge is 0.416 e. The molecule has 2 nitrogen and oxygen atoms in total. The fraction of sp³-hybridized carbons (Fsp3) is 0.235. The number of amides is 1. The van der Waals surface area contributed by atoms with E-state index in [-0.39, 0.29) is 18.4 Å². The van der Waals surface area contributed by atoms with Crippen LogP contribution in [0.1, 0.15) is 29.7 Å². The molecule has 1 atom stereocenters. The SMILES string of the molecule is C[C@@H](NC(=O)Cc1cccc(C(F)(F)F)c1)c1ccc(Cl)cc1. The van der Waals surface area contributed by atoms with Crippen LogP contribution in [0.5, 0.6) is 0 Å². The Kier molecular flexibility index (Phi) is 5.31. The summed E-state index contributed by atoms with van der Waals surface area (Å²) in [6.07, 6.45) is -4.52. The molecule has 0 aliphatic heterocycles. The summed E-state index contributed by atoms with van der Waals surface area (Å²) < 4.78 is 38.0. The lowest BCUT2D eigenvalue weighted by Gasteiger charge is -2.15. The van der Waals surface area contributed by atoms with Gasteiger partial charge in [0.1, 0.15) is 0 Å². The van der Waals surface area contributed by atoms with E-state index in [0.717, 1.165) is 17.7 Å². The summed E-state index contributed by atoms with van der Waals surface area (Å²) in [7, 11) is 0. The lowest BCUT2D eigenvalue weighted by atomic mass is 10.1. The zero-order chi connectivity index (χ0) is 17.0. The van der Waals surface area contributed by atoms with Crippen molar-refractivity contribution < 1.29 is 18.0 Å². The summed E-state index contributed by atoms with van der Waals surface area (Å²) in [6, 6.07) is 11.5. The predicted molar refractivity (Wildman–Crippen MR) is 83.2 cm³/mol. The van der Waals surface area contributed by atoms with Crippen LogP contribution < -0.4 is 5.32 Å². The van der Waals surface area contributed by atoms with Crippen molar-refractivity contribution in [1.29, 1.82) is 0 Å². The Morgan fingerprint density at radius 2 is 1.83 bits per heavy atom. The van der Waals surface area contributed by atoms with Crippen LogP contribution in [-0.2, 0) is 17.4 Å². The number of rotatable bonds is 4. The molecule has 6 heteroatoms. The van der Waals surface area contributed by atoms with E-state index < -0.39 is 11.7 Å². The van der Waals surface area contributed by atoms with E-state index in [0.29, 0.717) is 10.6 Å². The van der Waals surface area contributed by atoms with Crippen molar-refractivity contribution in [3.63, 3.8) is 0 Å². The molecule has 2 aromatic rings. The molecule has 0 heterocycles. The summed E-state index contributed by atoms with van der Waals surface area (Å²) in [6.45, 7) is 1.80. The molecule has 2 rings (SSSR count). The smallest absolute Gasteiger partial charge is 0.349 e. The van der Waals surface area contributed by atoms with Gasteiger partial charge >= 0.3 is 6.18 Å². The van der Waals surface area contributed by atoms with E-state index in [4.69, 9.17) is 11.6 Å². The summed E-state index contributed by atoms with van der Waals surface area (Å²) in [5.41, 5.74) is 0.431. The minimum absolute atomic E-state index is 0.109. The van der Waals surface area contributed by atoms with Gasteiger partial charge in [0.15, 0.2) is 0 Å². The quantitative estimate of drug-likeness (QED) is 0.852. The van der Waals surface area contributed by atoms with E-state index in [1.165, 1.54) is 12.1 Å². The van der Waals surface area contributed by atoms with Gasteiger partial charge < -0.3 is 5.32 Å². The van der Waals surface area contributed by atoms with Gasteiger partial charge in [0, 0.05) is 5.02 Å². The molecule has 0 saturated heterocycles. The highest BCUT2D eigenvalue weighted by Gasteiger charge is 2.30. The van der Waals surface area contributed by atoms with E-state index in [1.807, 2.05) is 0 Å². The number of hydrogen-bond donors (Lipinski definition) is 1. The monoisotopic (exact) mass is 341 g/mol. The number of nitrogens with one attached hydrogen (secondary N) is 1. The second-order valence-electron chi connectivity index (χ2n) is 5.22. The molecule has 122 valence electrons. The third kappa shape index (κ3) is 4.99. The zero-order valence-corrected chi connectivity index (χ0v) is 13.1. The van der Waals surface area contributed by atoms with E-state index >= 15 is 0 Å². The Hall–Kier alpha value is -2.01. The molecule has 0 radical (unpaired) electrons. The van der Waals surface area contributed by atoms with Crippen LogP contribution in [0.4, 0.5) is 13.2 Å². The molecule has 0 aromatic heterocycles. The number of carbonyl (C=O) groups excluding carboxylic acids is 1. The van der Waals surface area contributed by atoms with Crippen LogP contribution >= 0.6 is 11.6 Å². The van der Waals surface area contributed by atoms with Crippen LogP contribution in [0.2, 0.25) is 5.02 Å². The fourth-order valence-corrected chi connectivity index (χ4v) is 2.30. The number of halogens is 4. The van der Waals surface area contributed by atoms with Gasteiger partial charge in [0.25, 0.3) is 0 Å². The highest BCUT2D eigenvalue weighted by atomic mass is 35.5. The van der Waals surface area contributed by atoms with Gasteiger partial charge in [-0.3, -0.25) is 4.79 Å². The summed E-state index contributed by atoms with van der Waals surface area (Å²) in [4.78, 5) is 12.0. The van der Waals surface area contributed by atoms with Crippen molar-refractivity contribution in [2.75, 3.05) is 0 Å².